The predicted octanol–water partition coefficient (Wildman–Crippen LogP) is 0.231. The molecule has 68 valence electrons. The SMILES string of the molecule is CCC(COC)OS(=O)(=O)O. The molecule has 1 N–H and O–H groups in total. The van der Waals surface area contributed by atoms with Crippen molar-refractivity contribution >= 4 is 10.4 Å². The smallest absolute Gasteiger partial charge is 0.382 e. The Bertz CT molecular complexity index is 185. The van der Waals surface area contributed by atoms with Crippen molar-refractivity contribution in [3.63, 3.8) is 0 Å². The summed E-state index contributed by atoms with van der Waals surface area (Å²) in [5.74, 6) is 0. The average molecular weight is 184 g/mol. The summed E-state index contributed by atoms with van der Waals surface area (Å²) in [5, 5.41) is 0. The van der Waals surface area contributed by atoms with E-state index in [0.29, 0.717) is 6.42 Å². The Morgan fingerprint density at radius 2 is 2.09 bits per heavy atom. The summed E-state index contributed by atoms with van der Waals surface area (Å²) in [6.45, 7) is 1.88. The van der Waals surface area contributed by atoms with Gasteiger partial charge in [-0.1, -0.05) is 6.92 Å². The standard InChI is InChI=1S/C5H12O5S/c1-3-5(4-9-2)10-11(6,7)8/h5H,3-4H2,1-2H3,(H,6,7,8). The minimum atomic E-state index is -4.34. The van der Waals surface area contributed by atoms with Crippen LogP contribution >= 0.6 is 0 Å². The van der Waals surface area contributed by atoms with E-state index in [1.165, 1.54) is 7.11 Å². The van der Waals surface area contributed by atoms with Gasteiger partial charge in [-0.15, -0.1) is 0 Å². The Morgan fingerprint density at radius 1 is 1.55 bits per heavy atom. The van der Waals surface area contributed by atoms with Crippen LogP contribution in [0.1, 0.15) is 13.3 Å². The fourth-order valence-corrected chi connectivity index (χ4v) is 1.11. The second kappa shape index (κ2) is 4.66. The van der Waals surface area contributed by atoms with Gasteiger partial charge in [0.05, 0.1) is 6.61 Å². The maximum atomic E-state index is 10.2. The molecule has 0 heterocycles. The van der Waals surface area contributed by atoms with E-state index in [2.05, 4.69) is 8.92 Å². The lowest BCUT2D eigenvalue weighted by Crippen LogP contribution is -2.21. The molecule has 0 spiro atoms. The van der Waals surface area contributed by atoms with Gasteiger partial charge in [0.25, 0.3) is 0 Å². The molecule has 0 radical (unpaired) electrons. The lowest BCUT2D eigenvalue weighted by molar-refractivity contribution is 0.0743. The van der Waals surface area contributed by atoms with Crippen LogP contribution < -0.4 is 0 Å². The summed E-state index contributed by atoms with van der Waals surface area (Å²) in [6, 6.07) is 0. The molecule has 0 rings (SSSR count). The first kappa shape index (κ1) is 10.8. The minimum absolute atomic E-state index is 0.149. The summed E-state index contributed by atoms with van der Waals surface area (Å²) in [7, 11) is -2.91. The van der Waals surface area contributed by atoms with E-state index in [1.807, 2.05) is 0 Å². The zero-order chi connectivity index (χ0) is 8.91. The van der Waals surface area contributed by atoms with Crippen LogP contribution in [0.2, 0.25) is 0 Å². The molecule has 0 aliphatic heterocycles. The molecule has 6 heteroatoms. The molecule has 0 aromatic heterocycles. The second-order valence-corrected chi connectivity index (χ2v) is 3.06. The van der Waals surface area contributed by atoms with Crippen LogP contribution in [-0.2, 0) is 19.3 Å². The topological polar surface area (TPSA) is 72.8 Å². The average Bonchev–Trinajstić information content (AvgIpc) is 1.84. The first-order valence-corrected chi connectivity index (χ1v) is 4.50. The molecule has 1 atom stereocenters. The number of ether oxygens (including phenoxy) is 1. The van der Waals surface area contributed by atoms with Crippen molar-refractivity contribution in [2.24, 2.45) is 0 Å². The molecular weight excluding hydrogens is 172 g/mol. The zero-order valence-electron chi connectivity index (χ0n) is 6.48. The largest absolute Gasteiger partial charge is 0.397 e. The second-order valence-electron chi connectivity index (χ2n) is 2.01. The molecule has 0 aromatic carbocycles. The van der Waals surface area contributed by atoms with Crippen LogP contribution in [0.5, 0.6) is 0 Å². The van der Waals surface area contributed by atoms with Gasteiger partial charge >= 0.3 is 10.4 Å². The molecule has 11 heavy (non-hydrogen) atoms. The molecule has 0 aliphatic carbocycles. The Morgan fingerprint density at radius 3 is 2.36 bits per heavy atom. The van der Waals surface area contributed by atoms with E-state index < -0.39 is 16.5 Å². The molecule has 1 unspecified atom stereocenters. The van der Waals surface area contributed by atoms with Crippen LogP contribution in [-0.4, -0.2) is 32.8 Å². The van der Waals surface area contributed by atoms with Gasteiger partial charge in [0.2, 0.25) is 0 Å². The Kier molecular flexibility index (Phi) is 4.58. The highest BCUT2D eigenvalue weighted by Crippen LogP contribution is 2.01. The lowest BCUT2D eigenvalue weighted by Gasteiger charge is -2.10. The third kappa shape index (κ3) is 6.24. The maximum Gasteiger partial charge on any atom is 0.397 e. The van der Waals surface area contributed by atoms with Crippen molar-refractivity contribution in [1.82, 2.24) is 0 Å². The molecule has 0 saturated heterocycles. The zero-order valence-corrected chi connectivity index (χ0v) is 7.30. The summed E-state index contributed by atoms with van der Waals surface area (Å²) in [4.78, 5) is 0. The van der Waals surface area contributed by atoms with Crippen LogP contribution in [0.25, 0.3) is 0 Å². The first-order chi connectivity index (χ1) is 4.99. The van der Waals surface area contributed by atoms with Gasteiger partial charge in [-0.25, -0.2) is 4.18 Å². The van der Waals surface area contributed by atoms with Gasteiger partial charge in [0.1, 0.15) is 6.10 Å². The quantitative estimate of drug-likeness (QED) is 0.619. The molecule has 0 saturated carbocycles. The van der Waals surface area contributed by atoms with E-state index >= 15 is 0 Å². The van der Waals surface area contributed by atoms with Crippen molar-refractivity contribution in [1.29, 1.82) is 0 Å². The van der Waals surface area contributed by atoms with E-state index in [1.54, 1.807) is 6.92 Å². The monoisotopic (exact) mass is 184 g/mol. The van der Waals surface area contributed by atoms with Crippen molar-refractivity contribution in [3.05, 3.63) is 0 Å². The molecule has 0 bridgehead atoms. The number of hydrogen-bond acceptors (Lipinski definition) is 4. The molecular formula is C5H12O5S. The highest BCUT2D eigenvalue weighted by molar-refractivity contribution is 7.80. The number of rotatable bonds is 5. The predicted molar refractivity (Wildman–Crippen MR) is 38.6 cm³/mol. The van der Waals surface area contributed by atoms with Gasteiger partial charge in [-0.2, -0.15) is 8.42 Å². The van der Waals surface area contributed by atoms with E-state index in [4.69, 9.17) is 4.55 Å². The van der Waals surface area contributed by atoms with E-state index in [9.17, 15) is 8.42 Å². The van der Waals surface area contributed by atoms with Gasteiger partial charge in [-0.05, 0) is 6.42 Å². The summed E-state index contributed by atoms with van der Waals surface area (Å²) in [6.07, 6.45) is -0.136. The Labute approximate surface area is 66.3 Å². The number of methoxy groups -OCH3 is 1. The maximum absolute atomic E-state index is 10.2. The van der Waals surface area contributed by atoms with Crippen molar-refractivity contribution in [3.8, 4) is 0 Å². The van der Waals surface area contributed by atoms with E-state index in [-0.39, 0.29) is 6.61 Å². The molecule has 0 aromatic rings. The van der Waals surface area contributed by atoms with Crippen LogP contribution in [0.4, 0.5) is 0 Å². The summed E-state index contributed by atoms with van der Waals surface area (Å²) in [5.41, 5.74) is 0. The fourth-order valence-electron chi connectivity index (χ4n) is 0.572. The lowest BCUT2D eigenvalue weighted by atomic mass is 10.3. The van der Waals surface area contributed by atoms with Crippen LogP contribution in [0, 0.1) is 0 Å². The highest BCUT2D eigenvalue weighted by Gasteiger charge is 2.14. The summed E-state index contributed by atoms with van der Waals surface area (Å²) >= 11 is 0. The minimum Gasteiger partial charge on any atom is -0.382 e. The third-order valence-corrected chi connectivity index (χ3v) is 1.58. The molecule has 0 amide bonds. The Hall–Kier alpha value is -0.170. The summed E-state index contributed by atoms with van der Waals surface area (Å²) < 4.78 is 37.4. The molecule has 0 aliphatic rings. The number of hydrogen-bond donors (Lipinski definition) is 1. The molecule has 0 fully saturated rings. The van der Waals surface area contributed by atoms with Gasteiger partial charge in [0, 0.05) is 7.11 Å². The van der Waals surface area contributed by atoms with Crippen LogP contribution in [0.15, 0.2) is 0 Å². The Balaban J connectivity index is 3.88. The van der Waals surface area contributed by atoms with Gasteiger partial charge in [-0.3, -0.25) is 4.55 Å². The fraction of sp³-hybridized carbons (Fsp3) is 1.00. The molecule has 5 nitrogen and oxygen atoms in total. The highest BCUT2D eigenvalue weighted by atomic mass is 32.3. The van der Waals surface area contributed by atoms with Crippen LogP contribution in [0.3, 0.4) is 0 Å². The normalized spacial score (nSPS) is 14.8. The third-order valence-electron chi connectivity index (χ3n) is 1.07. The first-order valence-electron chi connectivity index (χ1n) is 3.14. The van der Waals surface area contributed by atoms with Crippen molar-refractivity contribution in [2.75, 3.05) is 13.7 Å². The van der Waals surface area contributed by atoms with Gasteiger partial charge in [0.15, 0.2) is 0 Å². The van der Waals surface area contributed by atoms with Crippen molar-refractivity contribution in [2.45, 2.75) is 19.4 Å². The van der Waals surface area contributed by atoms with Gasteiger partial charge < -0.3 is 4.74 Å². The van der Waals surface area contributed by atoms with Crippen molar-refractivity contribution < 1.29 is 21.9 Å². The van der Waals surface area contributed by atoms with E-state index in [0.717, 1.165) is 0 Å².